The summed E-state index contributed by atoms with van der Waals surface area (Å²) in [6.07, 6.45) is 2.11. The number of likely N-dealkylation sites (N-methyl/N-ethyl adjacent to an activating group) is 1. The van der Waals surface area contributed by atoms with Gasteiger partial charge in [0.05, 0.1) is 0 Å². The summed E-state index contributed by atoms with van der Waals surface area (Å²) in [7, 11) is 1.57. The first-order chi connectivity index (χ1) is 11.1. The van der Waals surface area contributed by atoms with Crippen molar-refractivity contribution in [2.45, 2.75) is 18.9 Å². The van der Waals surface area contributed by atoms with Gasteiger partial charge >= 0.3 is 6.03 Å². The molecule has 0 N–H and O–H groups in total. The number of carbonyl (C=O) groups is 3. The third-order valence-electron chi connectivity index (χ3n) is 4.90. The van der Waals surface area contributed by atoms with Gasteiger partial charge in [-0.2, -0.15) is 0 Å². The Morgan fingerprint density at radius 2 is 1.78 bits per heavy atom. The van der Waals surface area contributed by atoms with E-state index in [0.29, 0.717) is 19.1 Å². The number of rotatable bonds is 3. The van der Waals surface area contributed by atoms with Crippen LogP contribution in [0.15, 0.2) is 0 Å². The highest BCUT2D eigenvalue weighted by molar-refractivity contribution is 6.04. The molecule has 3 aliphatic rings. The van der Waals surface area contributed by atoms with Gasteiger partial charge in [-0.05, 0) is 12.8 Å². The van der Waals surface area contributed by atoms with E-state index < -0.39 is 0 Å². The number of hydrogen-bond acceptors (Lipinski definition) is 5. The van der Waals surface area contributed by atoms with Gasteiger partial charge in [0.1, 0.15) is 13.1 Å². The molecule has 8 heteroatoms. The fraction of sp³-hybridized carbons (Fsp3) is 0.800. The lowest BCUT2D eigenvalue weighted by molar-refractivity contribution is -0.138. The molecule has 4 amide bonds. The van der Waals surface area contributed by atoms with E-state index in [2.05, 4.69) is 4.90 Å². The van der Waals surface area contributed by atoms with Gasteiger partial charge in [0, 0.05) is 52.5 Å². The third kappa shape index (κ3) is 3.48. The molecule has 0 aliphatic carbocycles. The maximum absolute atomic E-state index is 12.4. The van der Waals surface area contributed by atoms with Crippen LogP contribution in [-0.2, 0) is 14.3 Å². The van der Waals surface area contributed by atoms with Crippen LogP contribution in [0.4, 0.5) is 4.79 Å². The minimum absolute atomic E-state index is 0.0592. The molecule has 0 aromatic carbocycles. The monoisotopic (exact) mass is 324 g/mol. The largest absolute Gasteiger partial charge is 0.381 e. The van der Waals surface area contributed by atoms with Crippen molar-refractivity contribution < 1.29 is 19.1 Å². The Hall–Kier alpha value is -1.67. The lowest BCUT2D eigenvalue weighted by atomic mass is 10.1. The van der Waals surface area contributed by atoms with Crippen molar-refractivity contribution in [2.24, 2.45) is 0 Å². The fourth-order valence-electron chi connectivity index (χ4n) is 3.45. The van der Waals surface area contributed by atoms with Gasteiger partial charge < -0.3 is 14.5 Å². The Labute approximate surface area is 135 Å². The zero-order valence-electron chi connectivity index (χ0n) is 13.6. The second kappa shape index (κ2) is 6.84. The second-order valence-corrected chi connectivity index (χ2v) is 6.38. The second-order valence-electron chi connectivity index (χ2n) is 6.38. The van der Waals surface area contributed by atoms with E-state index in [-0.39, 0.29) is 30.9 Å². The van der Waals surface area contributed by atoms with Gasteiger partial charge in [-0.1, -0.05) is 0 Å². The molecule has 128 valence electrons. The minimum atomic E-state index is -0.385. The normalized spacial score (nSPS) is 24.7. The van der Waals surface area contributed by atoms with Crippen molar-refractivity contribution in [3.63, 3.8) is 0 Å². The first kappa shape index (κ1) is 16.2. The molecule has 0 radical (unpaired) electrons. The molecule has 3 saturated heterocycles. The summed E-state index contributed by atoms with van der Waals surface area (Å²) in [5.41, 5.74) is 0. The summed E-state index contributed by atoms with van der Waals surface area (Å²) in [4.78, 5) is 42.5. The highest BCUT2D eigenvalue weighted by Crippen LogP contribution is 2.17. The summed E-state index contributed by atoms with van der Waals surface area (Å²) >= 11 is 0. The average molecular weight is 324 g/mol. The Morgan fingerprint density at radius 3 is 2.35 bits per heavy atom. The molecule has 3 rings (SSSR count). The highest BCUT2D eigenvalue weighted by Gasteiger charge is 2.36. The minimum Gasteiger partial charge on any atom is -0.381 e. The van der Waals surface area contributed by atoms with Crippen LogP contribution in [0.5, 0.6) is 0 Å². The van der Waals surface area contributed by atoms with Crippen LogP contribution in [0, 0.1) is 0 Å². The summed E-state index contributed by atoms with van der Waals surface area (Å²) in [6, 6.07) is 0.167. The van der Waals surface area contributed by atoms with Crippen molar-refractivity contribution in [3.8, 4) is 0 Å². The van der Waals surface area contributed by atoms with E-state index in [1.807, 2.05) is 0 Å². The Morgan fingerprint density at radius 1 is 1.13 bits per heavy atom. The molecule has 0 saturated carbocycles. The molecule has 0 unspecified atom stereocenters. The van der Waals surface area contributed by atoms with Gasteiger partial charge in [-0.3, -0.25) is 19.4 Å². The van der Waals surface area contributed by atoms with Crippen molar-refractivity contribution in [1.29, 1.82) is 0 Å². The fourth-order valence-corrected chi connectivity index (χ4v) is 3.45. The van der Waals surface area contributed by atoms with E-state index in [4.69, 9.17) is 4.74 Å². The SMILES string of the molecule is CN1CC(=O)N(CC(=O)N2CCN(C3CCOCC3)CC2)C1=O. The number of ether oxygens (including phenoxy) is 1. The van der Waals surface area contributed by atoms with E-state index in [1.54, 1.807) is 11.9 Å². The van der Waals surface area contributed by atoms with E-state index in [0.717, 1.165) is 44.0 Å². The number of carbonyl (C=O) groups excluding carboxylic acids is 3. The zero-order valence-corrected chi connectivity index (χ0v) is 13.6. The van der Waals surface area contributed by atoms with E-state index in [9.17, 15) is 14.4 Å². The first-order valence-corrected chi connectivity index (χ1v) is 8.21. The predicted molar refractivity (Wildman–Crippen MR) is 81.7 cm³/mol. The van der Waals surface area contributed by atoms with Crippen molar-refractivity contribution in [2.75, 3.05) is 59.5 Å². The summed E-state index contributed by atoms with van der Waals surface area (Å²) in [5.74, 6) is -0.444. The van der Waals surface area contributed by atoms with Crippen molar-refractivity contribution in [3.05, 3.63) is 0 Å². The number of urea groups is 1. The van der Waals surface area contributed by atoms with Crippen LogP contribution in [0.3, 0.4) is 0 Å². The predicted octanol–water partition coefficient (Wildman–Crippen LogP) is -0.796. The quantitative estimate of drug-likeness (QED) is 0.636. The molecular formula is C15H24N4O4. The lowest BCUT2D eigenvalue weighted by Gasteiger charge is -2.40. The summed E-state index contributed by atoms with van der Waals surface area (Å²) < 4.78 is 5.39. The number of hydrogen-bond donors (Lipinski definition) is 0. The van der Waals surface area contributed by atoms with Crippen molar-refractivity contribution in [1.82, 2.24) is 19.6 Å². The van der Waals surface area contributed by atoms with Crippen LogP contribution in [0.1, 0.15) is 12.8 Å². The molecule has 8 nitrogen and oxygen atoms in total. The highest BCUT2D eigenvalue weighted by atomic mass is 16.5. The molecule has 0 aromatic heterocycles. The van der Waals surface area contributed by atoms with Gasteiger partial charge in [0.25, 0.3) is 5.91 Å². The Kier molecular flexibility index (Phi) is 4.82. The molecule has 3 fully saturated rings. The van der Waals surface area contributed by atoms with Crippen LogP contribution in [0.25, 0.3) is 0 Å². The van der Waals surface area contributed by atoms with Gasteiger partial charge in [-0.25, -0.2) is 4.79 Å². The molecule has 3 heterocycles. The van der Waals surface area contributed by atoms with Gasteiger partial charge in [0.2, 0.25) is 5.91 Å². The van der Waals surface area contributed by atoms with Crippen LogP contribution in [0.2, 0.25) is 0 Å². The van der Waals surface area contributed by atoms with Crippen molar-refractivity contribution >= 4 is 17.8 Å². The maximum Gasteiger partial charge on any atom is 0.327 e. The van der Waals surface area contributed by atoms with Crippen LogP contribution >= 0.6 is 0 Å². The molecule has 0 atom stereocenters. The smallest absolute Gasteiger partial charge is 0.327 e. The lowest BCUT2D eigenvalue weighted by Crippen LogP contribution is -2.54. The molecule has 23 heavy (non-hydrogen) atoms. The number of piperazine rings is 1. The Balaban J connectivity index is 1.48. The maximum atomic E-state index is 12.4. The molecule has 0 bridgehead atoms. The zero-order chi connectivity index (χ0) is 16.4. The van der Waals surface area contributed by atoms with Gasteiger partial charge in [0.15, 0.2) is 0 Å². The summed E-state index contributed by atoms with van der Waals surface area (Å²) in [6.45, 7) is 4.55. The summed E-state index contributed by atoms with van der Waals surface area (Å²) in [5, 5.41) is 0. The number of imide groups is 1. The molecular weight excluding hydrogens is 300 g/mol. The number of nitrogens with zero attached hydrogens (tertiary/aromatic N) is 4. The molecule has 0 aromatic rings. The van der Waals surface area contributed by atoms with E-state index >= 15 is 0 Å². The molecule has 0 spiro atoms. The number of amides is 4. The first-order valence-electron chi connectivity index (χ1n) is 8.21. The Bertz CT molecular complexity index is 484. The standard InChI is InChI=1S/C15H24N4O4/c1-16-10-14(21)19(15(16)22)11-13(20)18-6-4-17(5-7-18)12-2-8-23-9-3-12/h12H,2-11H2,1H3. The van der Waals surface area contributed by atoms with E-state index in [1.165, 1.54) is 4.90 Å². The van der Waals surface area contributed by atoms with Gasteiger partial charge in [-0.15, -0.1) is 0 Å². The molecule has 3 aliphatic heterocycles. The van der Waals surface area contributed by atoms with Crippen LogP contribution < -0.4 is 0 Å². The average Bonchev–Trinajstić information content (AvgIpc) is 2.82. The topological polar surface area (TPSA) is 73.4 Å². The van der Waals surface area contributed by atoms with Crippen LogP contribution in [-0.4, -0.2) is 103 Å². The third-order valence-corrected chi connectivity index (χ3v) is 4.90.